The average Bonchev–Trinajstić information content (AvgIpc) is 2.79. The number of anilines is 1. The summed E-state index contributed by atoms with van der Waals surface area (Å²) in [7, 11) is 2.90. The lowest BCUT2D eigenvalue weighted by Gasteiger charge is -2.19. The zero-order valence-corrected chi connectivity index (χ0v) is 11.3. The minimum Gasteiger partial charge on any atom is -0.495 e. The van der Waals surface area contributed by atoms with Gasteiger partial charge in [-0.3, -0.25) is 9.59 Å². The maximum absolute atomic E-state index is 12.0. The van der Waals surface area contributed by atoms with Crippen molar-refractivity contribution in [3.63, 3.8) is 0 Å². The standard InChI is InChI=1S/C14H17NO4/c1-9-4-5-11(12(6-9)18-2)15-8-10(7-13(15)16)14(17)19-3/h4-6,10H,7-8H2,1-3H3. The van der Waals surface area contributed by atoms with E-state index in [0.29, 0.717) is 18.0 Å². The highest BCUT2D eigenvalue weighted by molar-refractivity contribution is 6.00. The second-order valence-electron chi connectivity index (χ2n) is 4.60. The third kappa shape index (κ3) is 2.54. The van der Waals surface area contributed by atoms with Crippen LogP contribution in [0, 0.1) is 12.8 Å². The molecule has 0 radical (unpaired) electrons. The Morgan fingerprint density at radius 3 is 2.74 bits per heavy atom. The number of aryl methyl sites for hydroxylation is 1. The molecule has 0 aliphatic carbocycles. The fraction of sp³-hybridized carbons (Fsp3) is 0.429. The third-order valence-electron chi connectivity index (χ3n) is 3.29. The zero-order chi connectivity index (χ0) is 14.0. The van der Waals surface area contributed by atoms with Gasteiger partial charge in [0, 0.05) is 13.0 Å². The van der Waals surface area contributed by atoms with Crippen molar-refractivity contribution in [2.75, 3.05) is 25.7 Å². The minimum absolute atomic E-state index is 0.0856. The van der Waals surface area contributed by atoms with Crippen molar-refractivity contribution >= 4 is 17.6 Å². The van der Waals surface area contributed by atoms with Crippen molar-refractivity contribution in [1.82, 2.24) is 0 Å². The highest BCUT2D eigenvalue weighted by atomic mass is 16.5. The van der Waals surface area contributed by atoms with Crippen LogP contribution in [0.1, 0.15) is 12.0 Å². The van der Waals surface area contributed by atoms with E-state index in [1.165, 1.54) is 7.11 Å². The Bertz CT molecular complexity index is 512. The number of hydrogen-bond donors (Lipinski definition) is 0. The SMILES string of the molecule is COC(=O)C1CC(=O)N(c2ccc(C)cc2OC)C1. The van der Waals surface area contributed by atoms with Crippen LogP contribution in [0.4, 0.5) is 5.69 Å². The maximum Gasteiger partial charge on any atom is 0.311 e. The summed E-state index contributed by atoms with van der Waals surface area (Å²) in [4.78, 5) is 25.1. The molecule has 5 nitrogen and oxygen atoms in total. The van der Waals surface area contributed by atoms with Crippen LogP contribution >= 0.6 is 0 Å². The van der Waals surface area contributed by atoms with Crippen molar-refractivity contribution in [2.45, 2.75) is 13.3 Å². The normalized spacial score (nSPS) is 18.6. The molecule has 1 aliphatic rings. The number of benzene rings is 1. The summed E-state index contributed by atoms with van der Waals surface area (Å²) >= 11 is 0. The fourth-order valence-corrected chi connectivity index (χ4v) is 2.27. The van der Waals surface area contributed by atoms with Crippen molar-refractivity contribution in [3.05, 3.63) is 23.8 Å². The van der Waals surface area contributed by atoms with Crippen LogP contribution in [-0.4, -0.2) is 32.6 Å². The number of nitrogens with zero attached hydrogens (tertiary/aromatic N) is 1. The number of methoxy groups -OCH3 is 2. The van der Waals surface area contributed by atoms with Crippen molar-refractivity contribution in [3.8, 4) is 5.75 Å². The molecule has 1 unspecified atom stereocenters. The number of ether oxygens (including phenoxy) is 2. The van der Waals surface area contributed by atoms with Crippen LogP contribution in [0.15, 0.2) is 18.2 Å². The average molecular weight is 263 g/mol. The summed E-state index contributed by atoms with van der Waals surface area (Å²) in [6, 6.07) is 5.62. The Kier molecular flexibility index (Phi) is 3.74. The lowest BCUT2D eigenvalue weighted by Crippen LogP contribution is -2.26. The van der Waals surface area contributed by atoms with E-state index in [1.54, 1.807) is 12.0 Å². The molecule has 0 N–H and O–H groups in total. The first-order chi connectivity index (χ1) is 9.06. The molecule has 0 aromatic heterocycles. The molecule has 1 heterocycles. The Labute approximate surface area is 112 Å². The molecule has 1 amide bonds. The zero-order valence-electron chi connectivity index (χ0n) is 11.3. The van der Waals surface area contributed by atoms with Crippen LogP contribution < -0.4 is 9.64 Å². The number of esters is 1. The van der Waals surface area contributed by atoms with E-state index in [9.17, 15) is 9.59 Å². The Hall–Kier alpha value is -2.04. The van der Waals surface area contributed by atoms with Gasteiger partial charge in [0.05, 0.1) is 25.8 Å². The summed E-state index contributed by atoms with van der Waals surface area (Å²) in [5.74, 6) is -0.193. The minimum atomic E-state index is -0.400. The van der Waals surface area contributed by atoms with E-state index < -0.39 is 5.92 Å². The summed E-state index contributed by atoms with van der Waals surface area (Å²) in [6.07, 6.45) is 0.184. The number of carbonyl (C=O) groups is 2. The molecule has 1 aromatic carbocycles. The highest BCUT2D eigenvalue weighted by Crippen LogP contribution is 2.33. The maximum atomic E-state index is 12.0. The van der Waals surface area contributed by atoms with Gasteiger partial charge < -0.3 is 14.4 Å². The van der Waals surface area contributed by atoms with Gasteiger partial charge in [-0.05, 0) is 24.6 Å². The number of carbonyl (C=O) groups excluding carboxylic acids is 2. The summed E-state index contributed by atoms with van der Waals surface area (Å²) < 4.78 is 9.99. The summed E-state index contributed by atoms with van der Waals surface area (Å²) in [5, 5.41) is 0. The molecule has 1 aliphatic heterocycles. The Morgan fingerprint density at radius 2 is 2.11 bits per heavy atom. The Balaban J connectivity index is 2.28. The molecule has 1 atom stereocenters. The highest BCUT2D eigenvalue weighted by Gasteiger charge is 2.36. The van der Waals surface area contributed by atoms with Crippen LogP contribution in [0.5, 0.6) is 5.75 Å². The molecule has 1 saturated heterocycles. The molecule has 102 valence electrons. The molecular formula is C14H17NO4. The quantitative estimate of drug-likeness (QED) is 0.776. The van der Waals surface area contributed by atoms with E-state index in [2.05, 4.69) is 0 Å². The first-order valence-corrected chi connectivity index (χ1v) is 6.09. The molecule has 1 fully saturated rings. The van der Waals surface area contributed by atoms with Gasteiger partial charge in [0.25, 0.3) is 0 Å². The lowest BCUT2D eigenvalue weighted by molar-refractivity contribution is -0.145. The second-order valence-corrected chi connectivity index (χ2v) is 4.60. The number of amides is 1. The van der Waals surface area contributed by atoms with Gasteiger partial charge in [-0.25, -0.2) is 0 Å². The second kappa shape index (κ2) is 5.30. The Morgan fingerprint density at radius 1 is 1.37 bits per heavy atom. The molecule has 0 spiro atoms. The molecule has 0 saturated carbocycles. The molecule has 1 aromatic rings. The van der Waals surface area contributed by atoms with E-state index in [1.807, 2.05) is 25.1 Å². The van der Waals surface area contributed by atoms with Gasteiger partial charge in [-0.1, -0.05) is 6.07 Å². The van der Waals surface area contributed by atoms with Gasteiger partial charge in [0.15, 0.2) is 0 Å². The van der Waals surface area contributed by atoms with E-state index in [0.717, 1.165) is 5.56 Å². The van der Waals surface area contributed by atoms with Crippen LogP contribution in [-0.2, 0) is 14.3 Å². The summed E-state index contributed by atoms with van der Waals surface area (Å²) in [5.41, 5.74) is 1.75. The molecule has 19 heavy (non-hydrogen) atoms. The molecular weight excluding hydrogens is 246 g/mol. The predicted octanol–water partition coefficient (Wildman–Crippen LogP) is 1.53. The van der Waals surface area contributed by atoms with Crippen LogP contribution in [0.2, 0.25) is 0 Å². The fourth-order valence-electron chi connectivity index (χ4n) is 2.27. The van der Waals surface area contributed by atoms with Crippen molar-refractivity contribution < 1.29 is 19.1 Å². The van der Waals surface area contributed by atoms with E-state index in [-0.39, 0.29) is 18.3 Å². The number of rotatable bonds is 3. The van der Waals surface area contributed by atoms with Crippen molar-refractivity contribution in [2.24, 2.45) is 5.92 Å². The monoisotopic (exact) mass is 263 g/mol. The van der Waals surface area contributed by atoms with Gasteiger partial charge in [-0.2, -0.15) is 0 Å². The molecule has 5 heteroatoms. The van der Waals surface area contributed by atoms with Crippen LogP contribution in [0.25, 0.3) is 0 Å². The summed E-state index contributed by atoms with van der Waals surface area (Å²) in [6.45, 7) is 2.29. The first kappa shape index (κ1) is 13.4. The van der Waals surface area contributed by atoms with Crippen molar-refractivity contribution in [1.29, 1.82) is 0 Å². The van der Waals surface area contributed by atoms with E-state index >= 15 is 0 Å². The van der Waals surface area contributed by atoms with Gasteiger partial charge >= 0.3 is 5.97 Å². The van der Waals surface area contributed by atoms with Gasteiger partial charge in [-0.15, -0.1) is 0 Å². The van der Waals surface area contributed by atoms with E-state index in [4.69, 9.17) is 9.47 Å². The number of hydrogen-bond acceptors (Lipinski definition) is 4. The topological polar surface area (TPSA) is 55.8 Å². The van der Waals surface area contributed by atoms with Gasteiger partial charge in [0.1, 0.15) is 5.75 Å². The first-order valence-electron chi connectivity index (χ1n) is 6.09. The molecule has 2 rings (SSSR count). The van der Waals surface area contributed by atoms with Gasteiger partial charge in [0.2, 0.25) is 5.91 Å². The third-order valence-corrected chi connectivity index (χ3v) is 3.29. The largest absolute Gasteiger partial charge is 0.495 e. The smallest absolute Gasteiger partial charge is 0.311 e. The molecule has 0 bridgehead atoms. The predicted molar refractivity (Wildman–Crippen MR) is 70.2 cm³/mol. The lowest BCUT2D eigenvalue weighted by atomic mass is 10.1. The van der Waals surface area contributed by atoms with Crippen LogP contribution in [0.3, 0.4) is 0 Å².